The Hall–Kier alpha value is -2.76. The molecule has 2 rings (SSSR count). The van der Waals surface area contributed by atoms with Crippen molar-refractivity contribution in [1.82, 2.24) is 9.78 Å². The topological polar surface area (TPSA) is 78.0 Å². The number of benzene rings is 1. The van der Waals surface area contributed by atoms with Crippen molar-refractivity contribution in [3.8, 4) is 0 Å². The molecule has 1 aromatic heterocycles. The second kappa shape index (κ2) is 5.26. The quantitative estimate of drug-likeness (QED) is 0.363. The molecule has 0 aliphatic heterocycles. The summed E-state index contributed by atoms with van der Waals surface area (Å²) in [6.45, 7) is 0. The van der Waals surface area contributed by atoms with E-state index in [1.54, 1.807) is 43.4 Å². The number of nitro groups is 1. The van der Waals surface area contributed by atoms with Crippen LogP contribution in [-0.4, -0.2) is 20.5 Å². The lowest BCUT2D eigenvalue weighted by atomic mass is 10.1. The molecule has 0 aliphatic carbocycles. The molecule has 6 heteroatoms. The molecule has 0 saturated carbocycles. The van der Waals surface area contributed by atoms with Gasteiger partial charge < -0.3 is 0 Å². The standard InChI is InChI=1S/C13H11N3O3/c1-15-11(7-8-14-15)9-12(16(18)19)13(17)10-5-3-2-4-6-10/h2-9H,1H3/b12-9+. The van der Waals surface area contributed by atoms with Gasteiger partial charge in [0.05, 0.1) is 10.6 Å². The molecule has 0 aliphatic rings. The van der Waals surface area contributed by atoms with E-state index < -0.39 is 16.4 Å². The van der Waals surface area contributed by atoms with Gasteiger partial charge in [0.1, 0.15) is 0 Å². The number of aromatic nitrogens is 2. The van der Waals surface area contributed by atoms with Crippen LogP contribution in [-0.2, 0) is 7.05 Å². The van der Waals surface area contributed by atoms with E-state index in [0.29, 0.717) is 5.69 Å². The maximum atomic E-state index is 12.1. The molecular weight excluding hydrogens is 246 g/mol. The van der Waals surface area contributed by atoms with Crippen molar-refractivity contribution in [1.29, 1.82) is 0 Å². The zero-order valence-electron chi connectivity index (χ0n) is 10.2. The number of nitrogens with zero attached hydrogens (tertiary/aromatic N) is 3. The summed E-state index contributed by atoms with van der Waals surface area (Å²) in [7, 11) is 1.65. The van der Waals surface area contributed by atoms with Crippen molar-refractivity contribution in [3.05, 3.63) is 69.7 Å². The minimum atomic E-state index is -0.678. The Balaban J connectivity index is 2.42. The highest BCUT2D eigenvalue weighted by atomic mass is 16.6. The van der Waals surface area contributed by atoms with Crippen LogP contribution in [0.4, 0.5) is 0 Å². The van der Waals surface area contributed by atoms with E-state index in [1.807, 2.05) is 0 Å². The molecule has 0 saturated heterocycles. The molecule has 0 radical (unpaired) electrons. The van der Waals surface area contributed by atoms with E-state index >= 15 is 0 Å². The highest BCUT2D eigenvalue weighted by molar-refractivity contribution is 6.09. The Morgan fingerprint density at radius 3 is 2.53 bits per heavy atom. The zero-order valence-corrected chi connectivity index (χ0v) is 10.2. The maximum Gasteiger partial charge on any atom is 0.319 e. The lowest BCUT2D eigenvalue weighted by molar-refractivity contribution is -0.415. The summed E-state index contributed by atoms with van der Waals surface area (Å²) in [5.41, 5.74) is 0.304. The highest BCUT2D eigenvalue weighted by Gasteiger charge is 2.23. The molecule has 0 N–H and O–H groups in total. The average Bonchev–Trinajstić information content (AvgIpc) is 2.81. The molecule has 19 heavy (non-hydrogen) atoms. The largest absolute Gasteiger partial charge is 0.319 e. The number of carbonyl (C=O) groups excluding carboxylic acids is 1. The lowest BCUT2D eigenvalue weighted by Crippen LogP contribution is -2.12. The Labute approximate surface area is 109 Å². The number of hydrogen-bond acceptors (Lipinski definition) is 4. The Bertz CT molecular complexity index is 644. The smallest absolute Gasteiger partial charge is 0.282 e. The first-order valence-electron chi connectivity index (χ1n) is 5.53. The summed E-state index contributed by atoms with van der Waals surface area (Å²) in [5, 5.41) is 14.9. The number of carbonyl (C=O) groups is 1. The third-order valence-electron chi connectivity index (χ3n) is 2.61. The van der Waals surface area contributed by atoms with Gasteiger partial charge in [-0.05, 0) is 6.07 Å². The van der Waals surface area contributed by atoms with Crippen molar-refractivity contribution in [3.63, 3.8) is 0 Å². The predicted octanol–water partition coefficient (Wildman–Crippen LogP) is 1.92. The van der Waals surface area contributed by atoms with Gasteiger partial charge in [-0.25, -0.2) is 0 Å². The maximum absolute atomic E-state index is 12.1. The van der Waals surface area contributed by atoms with Crippen molar-refractivity contribution in [2.24, 2.45) is 7.05 Å². The minimum absolute atomic E-state index is 0.285. The third-order valence-corrected chi connectivity index (χ3v) is 2.61. The second-order valence-corrected chi connectivity index (χ2v) is 3.86. The zero-order chi connectivity index (χ0) is 13.8. The van der Waals surface area contributed by atoms with Crippen molar-refractivity contribution in [2.45, 2.75) is 0 Å². The summed E-state index contributed by atoms with van der Waals surface area (Å²) < 4.78 is 1.46. The predicted molar refractivity (Wildman–Crippen MR) is 69.0 cm³/mol. The lowest BCUT2D eigenvalue weighted by Gasteiger charge is -1.99. The average molecular weight is 257 g/mol. The molecule has 0 amide bonds. The van der Waals surface area contributed by atoms with E-state index in [-0.39, 0.29) is 5.56 Å². The van der Waals surface area contributed by atoms with Crippen LogP contribution < -0.4 is 0 Å². The van der Waals surface area contributed by atoms with Gasteiger partial charge in [-0.15, -0.1) is 0 Å². The van der Waals surface area contributed by atoms with E-state index in [0.717, 1.165) is 0 Å². The first-order chi connectivity index (χ1) is 9.09. The first kappa shape index (κ1) is 12.7. The second-order valence-electron chi connectivity index (χ2n) is 3.86. The van der Waals surface area contributed by atoms with Crippen LogP contribution in [0, 0.1) is 10.1 Å². The Morgan fingerprint density at radius 1 is 1.32 bits per heavy atom. The number of Topliss-reactive ketones (excluding diaryl/α,β-unsaturated/α-hetero) is 1. The molecule has 2 aromatic rings. The van der Waals surface area contributed by atoms with Gasteiger partial charge in [-0.2, -0.15) is 5.10 Å². The molecule has 0 unspecified atom stereocenters. The molecule has 0 bridgehead atoms. The molecule has 0 fully saturated rings. The Kier molecular flexibility index (Phi) is 3.51. The van der Waals surface area contributed by atoms with Crippen LogP contribution in [0.3, 0.4) is 0 Å². The molecule has 6 nitrogen and oxygen atoms in total. The van der Waals surface area contributed by atoms with Crippen LogP contribution in [0.1, 0.15) is 16.1 Å². The van der Waals surface area contributed by atoms with Crippen LogP contribution in [0.15, 0.2) is 48.3 Å². The first-order valence-corrected chi connectivity index (χ1v) is 5.53. The molecular formula is C13H11N3O3. The van der Waals surface area contributed by atoms with E-state index in [2.05, 4.69) is 5.10 Å². The van der Waals surface area contributed by atoms with Crippen molar-refractivity contribution < 1.29 is 9.72 Å². The van der Waals surface area contributed by atoms with Gasteiger partial charge in [0.15, 0.2) is 0 Å². The van der Waals surface area contributed by atoms with Crippen molar-refractivity contribution in [2.75, 3.05) is 0 Å². The van der Waals surface area contributed by atoms with Crippen LogP contribution in [0.5, 0.6) is 0 Å². The van der Waals surface area contributed by atoms with Crippen LogP contribution in [0.25, 0.3) is 6.08 Å². The number of allylic oxidation sites excluding steroid dienone is 1. The van der Waals surface area contributed by atoms with E-state index in [9.17, 15) is 14.9 Å². The SMILES string of the molecule is Cn1nccc1/C=C(\C(=O)c1ccccc1)[N+](=O)[O-]. The summed E-state index contributed by atoms with van der Waals surface area (Å²) in [6.07, 6.45) is 2.73. The monoisotopic (exact) mass is 257 g/mol. The molecule has 96 valence electrons. The number of hydrogen-bond donors (Lipinski definition) is 0. The summed E-state index contributed by atoms with van der Waals surface area (Å²) in [5.74, 6) is -0.619. The van der Waals surface area contributed by atoms with Gasteiger partial charge in [0.25, 0.3) is 5.78 Å². The third kappa shape index (κ3) is 2.74. The van der Waals surface area contributed by atoms with E-state index in [4.69, 9.17) is 0 Å². The summed E-state index contributed by atoms with van der Waals surface area (Å²) in [6, 6.07) is 9.75. The number of ketones is 1. The fourth-order valence-electron chi connectivity index (χ4n) is 1.60. The van der Waals surface area contributed by atoms with Gasteiger partial charge in [-0.1, -0.05) is 30.3 Å². The fraction of sp³-hybridized carbons (Fsp3) is 0.0769. The van der Waals surface area contributed by atoms with Gasteiger partial charge in [0.2, 0.25) is 0 Å². The normalized spacial score (nSPS) is 11.3. The van der Waals surface area contributed by atoms with Crippen LogP contribution >= 0.6 is 0 Å². The summed E-state index contributed by atoms with van der Waals surface area (Å²) >= 11 is 0. The van der Waals surface area contributed by atoms with Gasteiger partial charge in [0, 0.05) is 24.9 Å². The van der Waals surface area contributed by atoms with E-state index in [1.165, 1.54) is 17.0 Å². The highest BCUT2D eigenvalue weighted by Crippen LogP contribution is 2.13. The molecule has 0 spiro atoms. The molecule has 1 heterocycles. The number of aryl methyl sites for hydroxylation is 1. The van der Waals surface area contributed by atoms with Crippen LogP contribution in [0.2, 0.25) is 0 Å². The molecule has 0 atom stereocenters. The van der Waals surface area contributed by atoms with Crippen molar-refractivity contribution >= 4 is 11.9 Å². The van der Waals surface area contributed by atoms with Gasteiger partial charge >= 0.3 is 5.70 Å². The van der Waals surface area contributed by atoms with Gasteiger partial charge in [-0.3, -0.25) is 19.6 Å². The summed E-state index contributed by atoms with van der Waals surface area (Å²) in [4.78, 5) is 22.4. The minimum Gasteiger partial charge on any atom is -0.282 e. The Morgan fingerprint density at radius 2 is 2.00 bits per heavy atom. The fourth-order valence-corrected chi connectivity index (χ4v) is 1.60. The number of rotatable bonds is 4. The molecule has 1 aromatic carbocycles.